The molecule has 0 bridgehead atoms. The lowest BCUT2D eigenvalue weighted by atomic mass is 10.1. The number of hydrogen-bond acceptors (Lipinski definition) is 4. The van der Waals surface area contributed by atoms with Crippen LogP contribution in [0.15, 0.2) is 51.6 Å². The summed E-state index contributed by atoms with van der Waals surface area (Å²) in [5.41, 5.74) is 1.17. The van der Waals surface area contributed by atoms with Gasteiger partial charge in [-0.25, -0.2) is 8.42 Å². The molecule has 1 saturated carbocycles. The lowest BCUT2D eigenvalue weighted by Gasteiger charge is -2.28. The maximum absolute atomic E-state index is 13.2. The normalized spacial score (nSPS) is 26.6. The summed E-state index contributed by atoms with van der Waals surface area (Å²) in [6.07, 6.45) is 1.32. The average Bonchev–Trinajstić information content (AvgIpc) is 3.20. The predicted octanol–water partition coefficient (Wildman–Crippen LogP) is 3.36. The average molecular weight is 438 g/mol. The number of sulfone groups is 1. The van der Waals surface area contributed by atoms with Crippen LogP contribution in [0.3, 0.4) is 0 Å². The van der Waals surface area contributed by atoms with Crippen molar-refractivity contribution in [1.29, 1.82) is 0 Å². The number of carbonyl (C=O) groups is 1. The van der Waals surface area contributed by atoms with Gasteiger partial charge < -0.3 is 9.32 Å². The minimum atomic E-state index is -3.07. The van der Waals surface area contributed by atoms with Crippen LogP contribution in [0.1, 0.15) is 30.1 Å². The van der Waals surface area contributed by atoms with Crippen LogP contribution in [0.5, 0.6) is 0 Å². The Morgan fingerprint density at radius 1 is 1.19 bits per heavy atom. The molecule has 1 amide bonds. The minimum Gasteiger partial charge on any atom is -0.452 e. The molecule has 3 atom stereocenters. The Balaban J connectivity index is 1.53. The summed E-state index contributed by atoms with van der Waals surface area (Å²) in [5.74, 6) is 1.05. The second-order valence-corrected chi connectivity index (χ2v) is 10.1. The van der Waals surface area contributed by atoms with Crippen LogP contribution in [-0.2, 0) is 21.2 Å². The molecule has 1 aliphatic heterocycles. The molecular weight excluding hydrogens is 418 g/mol. The first-order valence-electron chi connectivity index (χ1n) is 8.73. The van der Waals surface area contributed by atoms with E-state index in [0.29, 0.717) is 23.4 Å². The third kappa shape index (κ3) is 3.74. The van der Waals surface area contributed by atoms with Gasteiger partial charge in [0.05, 0.1) is 18.1 Å². The van der Waals surface area contributed by atoms with E-state index in [-0.39, 0.29) is 35.3 Å². The molecule has 2 aliphatic rings. The Morgan fingerprint density at radius 2 is 1.96 bits per heavy atom. The molecule has 0 spiro atoms. The Hall–Kier alpha value is -1.60. The Kier molecular flexibility index (Phi) is 4.69. The number of furan rings is 1. The molecule has 0 N–H and O–H groups in total. The van der Waals surface area contributed by atoms with Gasteiger partial charge in [0.2, 0.25) is 5.91 Å². The van der Waals surface area contributed by atoms with E-state index in [0.717, 1.165) is 6.42 Å². The van der Waals surface area contributed by atoms with Gasteiger partial charge in [-0.2, -0.15) is 0 Å². The summed E-state index contributed by atoms with van der Waals surface area (Å²) in [6.45, 7) is 0.308. The van der Waals surface area contributed by atoms with Gasteiger partial charge in [-0.05, 0) is 52.4 Å². The molecule has 3 unspecified atom stereocenters. The molecule has 2 fully saturated rings. The third-order valence-electron chi connectivity index (χ3n) is 5.22. The summed E-state index contributed by atoms with van der Waals surface area (Å²) >= 11 is 3.28. The van der Waals surface area contributed by atoms with E-state index in [1.54, 1.807) is 11.0 Å². The zero-order valence-corrected chi connectivity index (χ0v) is 16.6. The van der Waals surface area contributed by atoms with Gasteiger partial charge in [0.25, 0.3) is 0 Å². The first kappa shape index (κ1) is 17.8. The van der Waals surface area contributed by atoms with Crippen LogP contribution in [-0.4, -0.2) is 36.8 Å². The maximum Gasteiger partial charge on any atom is 0.227 e. The Morgan fingerprint density at radius 3 is 2.58 bits per heavy atom. The van der Waals surface area contributed by atoms with E-state index < -0.39 is 9.84 Å². The van der Waals surface area contributed by atoms with Crippen molar-refractivity contribution in [3.63, 3.8) is 0 Å². The molecule has 138 valence electrons. The van der Waals surface area contributed by atoms with Gasteiger partial charge in [-0.1, -0.05) is 30.3 Å². The van der Waals surface area contributed by atoms with Crippen molar-refractivity contribution >= 4 is 31.7 Å². The number of benzene rings is 1. The van der Waals surface area contributed by atoms with Crippen molar-refractivity contribution in [2.75, 3.05) is 11.5 Å². The lowest BCUT2D eigenvalue weighted by molar-refractivity contribution is -0.135. The molecular formula is C19H20BrNO4S. The van der Waals surface area contributed by atoms with Gasteiger partial charge in [0, 0.05) is 12.0 Å². The van der Waals surface area contributed by atoms with Gasteiger partial charge >= 0.3 is 0 Å². The summed E-state index contributed by atoms with van der Waals surface area (Å²) in [4.78, 5) is 14.9. The summed E-state index contributed by atoms with van der Waals surface area (Å²) < 4.78 is 30.0. The fraction of sp³-hybridized carbons (Fsp3) is 0.421. The molecule has 0 radical (unpaired) electrons. The monoisotopic (exact) mass is 437 g/mol. The van der Waals surface area contributed by atoms with Crippen LogP contribution in [0, 0.1) is 5.92 Å². The summed E-state index contributed by atoms with van der Waals surface area (Å²) in [6, 6.07) is 13.4. The van der Waals surface area contributed by atoms with Crippen LogP contribution in [0.4, 0.5) is 0 Å². The fourth-order valence-corrected chi connectivity index (χ4v) is 5.83. The molecule has 26 heavy (non-hydrogen) atoms. The molecule has 1 saturated heterocycles. The van der Waals surface area contributed by atoms with E-state index in [9.17, 15) is 13.2 Å². The van der Waals surface area contributed by atoms with Crippen LogP contribution in [0.25, 0.3) is 0 Å². The first-order chi connectivity index (χ1) is 12.4. The second-order valence-electron chi connectivity index (χ2n) is 7.09. The van der Waals surface area contributed by atoms with E-state index >= 15 is 0 Å². The van der Waals surface area contributed by atoms with E-state index in [1.807, 2.05) is 36.4 Å². The van der Waals surface area contributed by atoms with E-state index in [1.165, 1.54) is 5.56 Å². The molecule has 2 aromatic rings. The van der Waals surface area contributed by atoms with Crippen molar-refractivity contribution in [2.45, 2.75) is 31.3 Å². The fourth-order valence-electron chi connectivity index (χ4n) is 3.76. The topological polar surface area (TPSA) is 67.6 Å². The number of rotatable bonds is 5. The number of halogens is 1. The van der Waals surface area contributed by atoms with Gasteiger partial charge in [0.15, 0.2) is 14.5 Å². The number of amides is 1. The number of hydrogen-bond donors (Lipinski definition) is 0. The largest absolute Gasteiger partial charge is 0.452 e. The molecule has 2 heterocycles. The smallest absolute Gasteiger partial charge is 0.227 e. The van der Waals surface area contributed by atoms with Crippen molar-refractivity contribution in [1.82, 2.24) is 4.90 Å². The number of carbonyl (C=O) groups excluding carboxylic acids is 1. The van der Waals surface area contributed by atoms with Crippen LogP contribution >= 0.6 is 15.9 Å². The van der Waals surface area contributed by atoms with Gasteiger partial charge in [0.1, 0.15) is 5.76 Å². The summed E-state index contributed by atoms with van der Waals surface area (Å²) in [5, 5.41) is 0. The molecule has 5 nitrogen and oxygen atoms in total. The molecule has 1 aromatic carbocycles. The molecule has 7 heteroatoms. The standard InChI is InChI=1S/C19H20BrNO4S/c20-18-7-6-15(25-18)11-21(14-8-9-26(23,24)12-14)19(22)17-10-16(17)13-4-2-1-3-5-13/h1-7,14,16-17H,8-12H2. The van der Waals surface area contributed by atoms with Crippen molar-refractivity contribution < 1.29 is 17.6 Å². The first-order valence-corrected chi connectivity index (χ1v) is 11.3. The summed E-state index contributed by atoms with van der Waals surface area (Å²) in [7, 11) is -3.07. The van der Waals surface area contributed by atoms with E-state index in [4.69, 9.17) is 4.42 Å². The van der Waals surface area contributed by atoms with Crippen LogP contribution < -0.4 is 0 Å². The minimum absolute atomic E-state index is 0.0356. The van der Waals surface area contributed by atoms with Crippen molar-refractivity contribution in [2.24, 2.45) is 5.92 Å². The SMILES string of the molecule is O=C(C1CC1c1ccccc1)N(Cc1ccc(Br)o1)C1CCS(=O)(=O)C1. The highest BCUT2D eigenvalue weighted by atomic mass is 79.9. The quantitative estimate of drug-likeness (QED) is 0.718. The zero-order valence-electron chi connectivity index (χ0n) is 14.2. The highest BCUT2D eigenvalue weighted by Crippen LogP contribution is 2.49. The highest BCUT2D eigenvalue weighted by molar-refractivity contribution is 9.10. The molecule has 4 rings (SSSR count). The number of nitrogens with zero attached hydrogens (tertiary/aromatic N) is 1. The van der Waals surface area contributed by atoms with Crippen LogP contribution in [0.2, 0.25) is 0 Å². The van der Waals surface area contributed by atoms with Gasteiger partial charge in [-0.3, -0.25) is 4.79 Å². The predicted molar refractivity (Wildman–Crippen MR) is 101 cm³/mol. The van der Waals surface area contributed by atoms with E-state index in [2.05, 4.69) is 15.9 Å². The molecule has 1 aliphatic carbocycles. The highest BCUT2D eigenvalue weighted by Gasteiger charge is 2.48. The zero-order chi connectivity index (χ0) is 18.3. The third-order valence-corrected chi connectivity index (χ3v) is 7.40. The molecule has 1 aromatic heterocycles. The second kappa shape index (κ2) is 6.85. The lowest BCUT2D eigenvalue weighted by Crippen LogP contribution is -2.41. The van der Waals surface area contributed by atoms with Gasteiger partial charge in [-0.15, -0.1) is 0 Å². The van der Waals surface area contributed by atoms with Crippen molar-refractivity contribution in [3.8, 4) is 0 Å². The Bertz CT molecular complexity index is 909. The maximum atomic E-state index is 13.2. The van der Waals surface area contributed by atoms with Crippen molar-refractivity contribution in [3.05, 3.63) is 58.5 Å². The Labute approximate surface area is 161 Å².